The molecule has 1 aliphatic heterocycles. The summed E-state index contributed by atoms with van der Waals surface area (Å²) in [4.78, 5) is 13.3. The molecule has 1 aliphatic carbocycles. The van der Waals surface area contributed by atoms with Crippen molar-refractivity contribution in [2.24, 2.45) is 5.92 Å². The van der Waals surface area contributed by atoms with Crippen molar-refractivity contribution in [3.63, 3.8) is 0 Å². The molecule has 3 nitrogen and oxygen atoms in total. The lowest BCUT2D eigenvalue weighted by molar-refractivity contribution is -0.143. The lowest BCUT2D eigenvalue weighted by Gasteiger charge is -2.27. The van der Waals surface area contributed by atoms with E-state index in [1.807, 2.05) is 22.6 Å². The van der Waals surface area contributed by atoms with Gasteiger partial charge in [0.25, 0.3) is 0 Å². The molecule has 1 aromatic carbocycles. The fourth-order valence-electron chi connectivity index (χ4n) is 3.29. The number of nitrogens with one attached hydrogen (secondary N) is 1. The monoisotopic (exact) mass is 510 g/mol. The Morgan fingerprint density at radius 2 is 1.59 bits per heavy atom. The van der Waals surface area contributed by atoms with E-state index in [-0.39, 0.29) is 10.5 Å². The highest BCUT2D eigenvalue weighted by Crippen LogP contribution is 2.42. The Kier molecular flexibility index (Phi) is 5.38. The number of nitrogens with zero attached hydrogens (tertiary/aromatic N) is 1. The smallest absolute Gasteiger partial charge is 0.303 e. The van der Waals surface area contributed by atoms with Gasteiger partial charge < -0.3 is 10.2 Å². The summed E-state index contributed by atoms with van der Waals surface area (Å²) in [6, 6.07) is -1.62. The Labute approximate surface area is 163 Å². The van der Waals surface area contributed by atoms with Gasteiger partial charge in [0.2, 0.25) is 5.91 Å². The molecule has 2 fully saturated rings. The van der Waals surface area contributed by atoms with Crippen molar-refractivity contribution in [1.29, 1.82) is 0 Å². The minimum absolute atomic E-state index is 0.0620. The largest absolute Gasteiger partial charge is 0.422 e. The van der Waals surface area contributed by atoms with Crippen LogP contribution in [0.3, 0.4) is 0 Å². The molecule has 3 unspecified atom stereocenters. The first kappa shape index (κ1) is 20.6. The fraction of sp³-hybridized carbons (Fsp3) is 0.562. The lowest BCUT2D eigenvalue weighted by Crippen LogP contribution is -2.42. The SMILES string of the molecule is CC1C(NC2CC2)C(=O)N(c2c(F)c(F)c(C(F)(F)F)c(F)c2F)C1CI. The summed E-state index contributed by atoms with van der Waals surface area (Å²) in [5.74, 6) is -10.9. The zero-order valence-electron chi connectivity index (χ0n) is 13.8. The minimum Gasteiger partial charge on any atom is -0.303 e. The third kappa shape index (κ3) is 3.40. The quantitative estimate of drug-likeness (QED) is 0.286. The average molecular weight is 510 g/mol. The molecule has 1 aromatic rings. The first-order valence-corrected chi connectivity index (χ1v) is 9.61. The van der Waals surface area contributed by atoms with Crippen LogP contribution < -0.4 is 10.2 Å². The van der Waals surface area contributed by atoms with Crippen LogP contribution in [0, 0.1) is 29.2 Å². The molecule has 1 saturated heterocycles. The van der Waals surface area contributed by atoms with Gasteiger partial charge in [-0.15, -0.1) is 0 Å². The van der Waals surface area contributed by atoms with Gasteiger partial charge in [0, 0.05) is 16.4 Å². The van der Waals surface area contributed by atoms with Gasteiger partial charge >= 0.3 is 6.18 Å². The second kappa shape index (κ2) is 7.05. The molecule has 11 heteroatoms. The number of halogens is 8. The first-order valence-electron chi connectivity index (χ1n) is 8.08. The predicted molar refractivity (Wildman–Crippen MR) is 90.5 cm³/mol. The molecule has 1 N–H and O–H groups in total. The van der Waals surface area contributed by atoms with Crippen LogP contribution in [0.4, 0.5) is 36.4 Å². The Morgan fingerprint density at radius 1 is 1.07 bits per heavy atom. The van der Waals surface area contributed by atoms with E-state index in [0.717, 1.165) is 12.8 Å². The van der Waals surface area contributed by atoms with Crippen LogP contribution in [0.5, 0.6) is 0 Å². The Morgan fingerprint density at radius 3 is 2.00 bits per heavy atom. The van der Waals surface area contributed by atoms with Gasteiger partial charge in [-0.1, -0.05) is 29.5 Å². The van der Waals surface area contributed by atoms with Crippen LogP contribution in [0.1, 0.15) is 25.3 Å². The Bertz CT molecular complexity index is 752. The standard InChI is InChI=1S/C16H14F7IN2O/c1-5-7(4-24)26(15(27)13(5)25-6-2-3-6)14-11(19)9(17)8(16(21,22)23)10(18)12(14)20/h5-7,13,25H,2-4H2,1H3. The maximum absolute atomic E-state index is 14.4. The number of carbonyl (C=O) groups excluding carboxylic acids is 1. The van der Waals surface area contributed by atoms with E-state index >= 15 is 0 Å². The summed E-state index contributed by atoms with van der Waals surface area (Å²) in [6.45, 7) is 1.63. The van der Waals surface area contributed by atoms with Gasteiger partial charge in [0.1, 0.15) is 11.3 Å². The molecule has 3 atom stereocenters. The number of benzene rings is 1. The van der Waals surface area contributed by atoms with Crippen LogP contribution in [0.2, 0.25) is 0 Å². The number of amides is 1. The highest BCUT2D eigenvalue weighted by atomic mass is 127. The maximum Gasteiger partial charge on any atom is 0.422 e. The van der Waals surface area contributed by atoms with Gasteiger partial charge in [-0.3, -0.25) is 4.79 Å². The van der Waals surface area contributed by atoms with E-state index in [0.29, 0.717) is 4.90 Å². The number of hydrogen-bond acceptors (Lipinski definition) is 2. The van der Waals surface area contributed by atoms with Gasteiger partial charge in [-0.25, -0.2) is 17.6 Å². The zero-order valence-corrected chi connectivity index (χ0v) is 16.0. The lowest BCUT2D eigenvalue weighted by atomic mass is 9.99. The zero-order chi connectivity index (χ0) is 20.3. The number of hydrogen-bond donors (Lipinski definition) is 1. The molecule has 1 saturated carbocycles. The number of anilines is 1. The molecular formula is C16H14F7IN2O. The van der Waals surface area contributed by atoms with Gasteiger partial charge in [-0.2, -0.15) is 13.2 Å². The van der Waals surface area contributed by atoms with Crippen LogP contribution in [-0.2, 0) is 11.0 Å². The average Bonchev–Trinajstić information content (AvgIpc) is 3.35. The van der Waals surface area contributed by atoms with Crippen molar-refractivity contribution in [2.45, 2.75) is 44.1 Å². The summed E-state index contributed by atoms with van der Waals surface area (Å²) >= 11 is 1.84. The van der Waals surface area contributed by atoms with Crippen molar-refractivity contribution < 1.29 is 35.5 Å². The molecule has 0 radical (unpaired) electrons. The third-order valence-corrected chi connectivity index (χ3v) is 5.79. The fourth-order valence-corrected chi connectivity index (χ4v) is 4.48. The normalized spacial score (nSPS) is 26.2. The number of rotatable bonds is 4. The van der Waals surface area contributed by atoms with Crippen molar-refractivity contribution in [3.8, 4) is 0 Å². The summed E-state index contributed by atoms with van der Waals surface area (Å²) in [5, 5.41) is 3.01. The molecule has 0 bridgehead atoms. The van der Waals surface area contributed by atoms with E-state index in [4.69, 9.17) is 0 Å². The van der Waals surface area contributed by atoms with E-state index in [2.05, 4.69) is 5.32 Å². The Balaban J connectivity index is 2.13. The van der Waals surface area contributed by atoms with E-state index in [1.165, 1.54) is 0 Å². The van der Waals surface area contributed by atoms with Crippen molar-refractivity contribution in [1.82, 2.24) is 5.32 Å². The second-order valence-corrected chi connectivity index (χ2v) is 7.57. The molecule has 3 rings (SSSR count). The van der Waals surface area contributed by atoms with Crippen LogP contribution in [0.25, 0.3) is 0 Å². The number of alkyl halides is 4. The molecule has 0 spiro atoms. The molecule has 0 aromatic heterocycles. The Hall–Kier alpha value is -1.11. The predicted octanol–water partition coefficient (Wildman–Crippen LogP) is 4.17. The van der Waals surface area contributed by atoms with Crippen LogP contribution >= 0.6 is 22.6 Å². The second-order valence-electron chi connectivity index (χ2n) is 6.68. The van der Waals surface area contributed by atoms with Gasteiger partial charge in [-0.05, 0) is 12.8 Å². The third-order valence-electron chi connectivity index (χ3n) is 4.88. The summed E-state index contributed by atoms with van der Waals surface area (Å²) in [5.41, 5.74) is -4.07. The summed E-state index contributed by atoms with van der Waals surface area (Å²) in [6.07, 6.45) is -4.00. The van der Waals surface area contributed by atoms with Gasteiger partial charge in [0.05, 0.1) is 12.1 Å². The van der Waals surface area contributed by atoms with Crippen LogP contribution in [-0.4, -0.2) is 28.5 Å². The highest BCUT2D eigenvalue weighted by Gasteiger charge is 2.51. The van der Waals surface area contributed by atoms with Crippen LogP contribution in [0.15, 0.2) is 0 Å². The molecule has 27 heavy (non-hydrogen) atoms. The topological polar surface area (TPSA) is 32.3 Å². The molecular weight excluding hydrogens is 496 g/mol. The maximum atomic E-state index is 14.4. The molecule has 1 heterocycles. The molecule has 1 amide bonds. The molecule has 150 valence electrons. The number of carbonyl (C=O) groups is 1. The van der Waals surface area contributed by atoms with Crippen molar-refractivity contribution in [2.75, 3.05) is 9.33 Å². The highest BCUT2D eigenvalue weighted by molar-refractivity contribution is 14.1. The van der Waals surface area contributed by atoms with Crippen molar-refractivity contribution >= 4 is 34.2 Å². The van der Waals surface area contributed by atoms with E-state index < -0.39 is 64.6 Å². The summed E-state index contributed by atoms with van der Waals surface area (Å²) < 4.78 is 95.2. The summed E-state index contributed by atoms with van der Waals surface area (Å²) in [7, 11) is 0. The van der Waals surface area contributed by atoms with E-state index in [9.17, 15) is 35.5 Å². The van der Waals surface area contributed by atoms with Crippen molar-refractivity contribution in [3.05, 3.63) is 28.8 Å². The van der Waals surface area contributed by atoms with E-state index in [1.54, 1.807) is 6.92 Å². The van der Waals surface area contributed by atoms with Gasteiger partial charge in [0.15, 0.2) is 23.3 Å². The molecule has 2 aliphatic rings. The minimum atomic E-state index is -5.63. The first-order chi connectivity index (χ1) is 12.5.